The second-order valence-electron chi connectivity index (χ2n) is 8.93. The third-order valence-corrected chi connectivity index (χ3v) is 6.29. The maximum atomic E-state index is 13.2. The number of rotatable bonds is 10. The van der Waals surface area contributed by atoms with E-state index >= 15 is 0 Å². The number of hydrogen-bond donors (Lipinski definition) is 2. The molecule has 0 radical (unpaired) electrons. The van der Waals surface area contributed by atoms with E-state index in [-0.39, 0.29) is 30.6 Å². The Morgan fingerprint density at radius 1 is 1.18 bits per heavy atom. The number of aromatic amines is 1. The summed E-state index contributed by atoms with van der Waals surface area (Å²) in [6.45, 7) is 0.936. The zero-order valence-corrected chi connectivity index (χ0v) is 18.9. The predicted octanol–water partition coefficient (Wildman–Crippen LogP) is 2.82. The van der Waals surface area contributed by atoms with Gasteiger partial charge in [0.1, 0.15) is 12.4 Å². The van der Waals surface area contributed by atoms with E-state index in [0.29, 0.717) is 25.5 Å². The van der Waals surface area contributed by atoms with Crippen LogP contribution in [0.25, 0.3) is 0 Å². The SMILES string of the molecule is Nc1c(N(CCC2=CCCCC2)C(=O)COCC2CC2)c(=O)[nH]c(=O)n1Cc1ccccc1. The number of carbonyl (C=O) groups excluding carboxylic acids is 1. The van der Waals surface area contributed by atoms with Gasteiger partial charge in [0.05, 0.1) is 13.2 Å². The first-order valence-electron chi connectivity index (χ1n) is 11.8. The molecule has 33 heavy (non-hydrogen) atoms. The van der Waals surface area contributed by atoms with Gasteiger partial charge in [-0.15, -0.1) is 0 Å². The zero-order chi connectivity index (χ0) is 23.2. The van der Waals surface area contributed by atoms with Crippen LogP contribution in [-0.2, 0) is 16.1 Å². The van der Waals surface area contributed by atoms with Crippen LogP contribution >= 0.6 is 0 Å². The van der Waals surface area contributed by atoms with E-state index in [1.54, 1.807) is 0 Å². The molecule has 4 rings (SSSR count). The van der Waals surface area contributed by atoms with Crippen molar-refractivity contribution in [1.29, 1.82) is 0 Å². The molecule has 0 unspecified atom stereocenters. The number of nitrogens with two attached hydrogens (primary N) is 1. The van der Waals surface area contributed by atoms with Crippen LogP contribution in [0.1, 0.15) is 50.5 Å². The van der Waals surface area contributed by atoms with Gasteiger partial charge in [-0.25, -0.2) is 4.79 Å². The van der Waals surface area contributed by atoms with E-state index in [1.807, 2.05) is 30.3 Å². The van der Waals surface area contributed by atoms with E-state index in [2.05, 4.69) is 11.1 Å². The van der Waals surface area contributed by atoms with Crippen LogP contribution in [-0.4, -0.2) is 35.2 Å². The average Bonchev–Trinajstić information content (AvgIpc) is 3.64. The van der Waals surface area contributed by atoms with Gasteiger partial charge in [0, 0.05) is 6.54 Å². The summed E-state index contributed by atoms with van der Waals surface area (Å²) in [6.07, 6.45) is 9.49. The number of benzene rings is 1. The van der Waals surface area contributed by atoms with E-state index in [4.69, 9.17) is 10.5 Å². The molecule has 0 atom stereocenters. The van der Waals surface area contributed by atoms with Crippen LogP contribution < -0.4 is 21.9 Å². The highest BCUT2D eigenvalue weighted by Gasteiger charge is 2.26. The largest absolute Gasteiger partial charge is 0.383 e. The summed E-state index contributed by atoms with van der Waals surface area (Å²) in [6, 6.07) is 9.37. The second kappa shape index (κ2) is 10.7. The van der Waals surface area contributed by atoms with Crippen LogP contribution in [0.2, 0.25) is 0 Å². The van der Waals surface area contributed by atoms with Crippen molar-refractivity contribution in [2.24, 2.45) is 5.92 Å². The molecule has 8 heteroatoms. The average molecular weight is 453 g/mol. The van der Waals surface area contributed by atoms with Gasteiger partial charge in [0.15, 0.2) is 5.69 Å². The fourth-order valence-electron chi connectivity index (χ4n) is 4.18. The van der Waals surface area contributed by atoms with Crippen molar-refractivity contribution < 1.29 is 9.53 Å². The van der Waals surface area contributed by atoms with Gasteiger partial charge in [-0.1, -0.05) is 42.0 Å². The molecule has 2 aromatic rings. The van der Waals surface area contributed by atoms with Gasteiger partial charge in [0.2, 0.25) is 0 Å². The molecule has 2 aliphatic carbocycles. The van der Waals surface area contributed by atoms with Crippen LogP contribution in [0, 0.1) is 5.92 Å². The van der Waals surface area contributed by atoms with Gasteiger partial charge in [-0.2, -0.15) is 0 Å². The number of aromatic nitrogens is 2. The Balaban J connectivity index is 1.62. The summed E-state index contributed by atoms with van der Waals surface area (Å²) in [5.41, 5.74) is 7.27. The lowest BCUT2D eigenvalue weighted by Crippen LogP contribution is -2.43. The van der Waals surface area contributed by atoms with Gasteiger partial charge in [-0.05, 0) is 56.4 Å². The highest BCUT2D eigenvalue weighted by molar-refractivity contribution is 5.96. The van der Waals surface area contributed by atoms with E-state index in [0.717, 1.165) is 37.7 Å². The number of nitrogens with one attached hydrogen (secondary N) is 1. The lowest BCUT2D eigenvalue weighted by Gasteiger charge is -2.25. The van der Waals surface area contributed by atoms with Gasteiger partial charge in [-0.3, -0.25) is 19.1 Å². The summed E-state index contributed by atoms with van der Waals surface area (Å²) in [5, 5.41) is 0. The Kier molecular flexibility index (Phi) is 7.44. The third-order valence-electron chi connectivity index (χ3n) is 6.29. The molecule has 0 aliphatic heterocycles. The molecular formula is C25H32N4O4. The van der Waals surface area contributed by atoms with Crippen molar-refractivity contribution in [1.82, 2.24) is 9.55 Å². The monoisotopic (exact) mass is 452 g/mol. The van der Waals surface area contributed by atoms with Gasteiger partial charge < -0.3 is 15.4 Å². The van der Waals surface area contributed by atoms with E-state index in [9.17, 15) is 14.4 Å². The first kappa shape index (κ1) is 23.0. The molecule has 1 aromatic heterocycles. The fourth-order valence-corrected chi connectivity index (χ4v) is 4.18. The molecule has 3 N–H and O–H groups in total. The maximum Gasteiger partial charge on any atom is 0.330 e. The number of nitrogens with zero attached hydrogens (tertiary/aromatic N) is 2. The lowest BCUT2D eigenvalue weighted by molar-refractivity contribution is -0.123. The number of ether oxygens (including phenoxy) is 1. The number of hydrogen-bond acceptors (Lipinski definition) is 5. The predicted molar refractivity (Wildman–Crippen MR) is 128 cm³/mol. The molecule has 8 nitrogen and oxygen atoms in total. The molecule has 2 aliphatic rings. The summed E-state index contributed by atoms with van der Waals surface area (Å²) < 4.78 is 6.92. The molecule has 0 saturated heterocycles. The molecule has 1 amide bonds. The first-order valence-corrected chi connectivity index (χ1v) is 11.8. The Labute approximate surface area is 193 Å². The number of carbonyl (C=O) groups is 1. The molecule has 1 heterocycles. The van der Waals surface area contributed by atoms with Gasteiger partial charge in [0.25, 0.3) is 11.5 Å². The lowest BCUT2D eigenvalue weighted by atomic mass is 9.97. The van der Waals surface area contributed by atoms with E-state index < -0.39 is 11.2 Å². The van der Waals surface area contributed by atoms with Crippen molar-refractivity contribution in [3.8, 4) is 0 Å². The third kappa shape index (κ3) is 6.01. The Hall–Kier alpha value is -3.13. The number of H-pyrrole nitrogens is 1. The number of amides is 1. The van der Waals surface area contributed by atoms with E-state index in [1.165, 1.54) is 21.5 Å². The quantitative estimate of drug-likeness (QED) is 0.539. The molecule has 1 aromatic carbocycles. The fraction of sp³-hybridized carbons (Fsp3) is 0.480. The zero-order valence-electron chi connectivity index (χ0n) is 18.9. The maximum absolute atomic E-state index is 13.2. The first-order chi connectivity index (χ1) is 16.0. The molecule has 0 spiro atoms. The second-order valence-corrected chi connectivity index (χ2v) is 8.93. The molecule has 1 saturated carbocycles. The van der Waals surface area contributed by atoms with Crippen molar-refractivity contribution >= 4 is 17.4 Å². The van der Waals surface area contributed by atoms with Gasteiger partial charge >= 0.3 is 5.69 Å². The highest BCUT2D eigenvalue weighted by Crippen LogP contribution is 2.29. The molecule has 176 valence electrons. The standard InChI is InChI=1S/C25H32N4O4/c26-23-22(24(31)27-25(32)29(23)15-19-9-5-2-6-10-19)28(14-13-18-7-3-1-4-8-18)21(30)17-33-16-20-11-12-20/h2,5-7,9-10,20H,1,3-4,8,11-17,26H2,(H,27,31,32). The minimum atomic E-state index is -0.657. The topological polar surface area (TPSA) is 110 Å². The highest BCUT2D eigenvalue weighted by atomic mass is 16.5. The Morgan fingerprint density at radius 2 is 1.97 bits per heavy atom. The number of anilines is 2. The van der Waals surface area contributed by atoms with Crippen LogP contribution in [0.4, 0.5) is 11.5 Å². The number of nitrogen functional groups attached to an aromatic ring is 1. The van der Waals surface area contributed by atoms with Crippen LogP contribution in [0.5, 0.6) is 0 Å². The number of allylic oxidation sites excluding steroid dienone is 1. The van der Waals surface area contributed by atoms with Crippen molar-refractivity contribution in [3.63, 3.8) is 0 Å². The van der Waals surface area contributed by atoms with Crippen molar-refractivity contribution in [3.05, 3.63) is 68.4 Å². The Bertz CT molecular complexity index is 1120. The van der Waals surface area contributed by atoms with Crippen LogP contribution in [0.15, 0.2) is 51.6 Å². The summed E-state index contributed by atoms with van der Waals surface area (Å²) in [7, 11) is 0. The summed E-state index contributed by atoms with van der Waals surface area (Å²) in [5.74, 6) is 0.190. The molecule has 0 bridgehead atoms. The molecule has 1 fully saturated rings. The van der Waals surface area contributed by atoms with Crippen molar-refractivity contribution in [2.75, 3.05) is 30.4 Å². The summed E-state index contributed by atoms with van der Waals surface area (Å²) in [4.78, 5) is 42.3. The molecular weight excluding hydrogens is 420 g/mol. The van der Waals surface area contributed by atoms with Crippen LogP contribution in [0.3, 0.4) is 0 Å². The minimum absolute atomic E-state index is 0.0132. The normalized spacial score (nSPS) is 15.8. The Morgan fingerprint density at radius 3 is 2.67 bits per heavy atom. The minimum Gasteiger partial charge on any atom is -0.383 e. The van der Waals surface area contributed by atoms with Crippen molar-refractivity contribution in [2.45, 2.75) is 51.5 Å². The smallest absolute Gasteiger partial charge is 0.330 e. The summed E-state index contributed by atoms with van der Waals surface area (Å²) >= 11 is 0.